The Labute approximate surface area is 138 Å². The average Bonchev–Trinajstić information content (AvgIpc) is 2.42. The first-order chi connectivity index (χ1) is 9.57. The van der Waals surface area contributed by atoms with E-state index in [4.69, 9.17) is 9.84 Å². The van der Waals surface area contributed by atoms with Crippen molar-refractivity contribution in [3.8, 4) is 5.75 Å². The molecule has 0 aliphatic heterocycles. The first-order valence-electron chi connectivity index (χ1n) is 6.66. The van der Waals surface area contributed by atoms with E-state index in [1.807, 2.05) is 13.8 Å². The summed E-state index contributed by atoms with van der Waals surface area (Å²) in [5, 5.41) is 8.88. The zero-order chi connectivity index (χ0) is 14.8. The summed E-state index contributed by atoms with van der Waals surface area (Å²) >= 11 is 0. The number of pyridine rings is 1. The number of hydrogen-bond donors (Lipinski definition) is 1. The summed E-state index contributed by atoms with van der Waals surface area (Å²) in [6, 6.07) is 1.77. The number of allylic oxidation sites excluding steroid dienone is 1. The third-order valence-corrected chi connectivity index (χ3v) is 2.66. The van der Waals surface area contributed by atoms with Crippen molar-refractivity contribution in [2.45, 2.75) is 38.7 Å². The molecule has 1 aromatic rings. The smallest absolute Gasteiger partial charge is 0.511 e. The zero-order valence-electron chi connectivity index (χ0n) is 12.9. The van der Waals surface area contributed by atoms with Gasteiger partial charge in [-0.05, 0) is 32.0 Å². The Hall–Kier alpha value is -1.08. The predicted octanol–water partition coefficient (Wildman–Crippen LogP) is -0.467. The normalized spacial score (nSPS) is 15.2. The van der Waals surface area contributed by atoms with Gasteiger partial charge in [0.1, 0.15) is 0 Å². The predicted molar refractivity (Wildman–Crippen MR) is 77.7 cm³/mol. The van der Waals surface area contributed by atoms with E-state index in [-0.39, 0.29) is 24.5 Å². The summed E-state index contributed by atoms with van der Waals surface area (Å²) < 4.78 is 5.36. The topological polar surface area (TPSA) is 59.4 Å². The van der Waals surface area contributed by atoms with Gasteiger partial charge in [0.15, 0.2) is 0 Å². The largest absolute Gasteiger partial charge is 1.00 e. The molecule has 2 rings (SSSR count). The average molecular weight is 281 g/mol. The Balaban J connectivity index is 0.000000480. The SMILES string of the molecule is CC1(O)C[CH-]C1.CCCOc1cn[c-]c(/C=C\[C-]=O)c1.[Li+]. The second-order valence-corrected chi connectivity index (χ2v) is 4.87. The number of rotatable bonds is 5. The molecule has 1 aliphatic carbocycles. The molecule has 0 bridgehead atoms. The van der Waals surface area contributed by atoms with Gasteiger partial charge in [-0.15, -0.1) is 6.07 Å². The van der Waals surface area contributed by atoms with Crippen LogP contribution in [0, 0.1) is 12.6 Å². The Morgan fingerprint density at radius 1 is 1.62 bits per heavy atom. The fourth-order valence-corrected chi connectivity index (χ4v) is 1.46. The fraction of sp³-hybridized carbons (Fsp3) is 0.438. The van der Waals surface area contributed by atoms with Gasteiger partial charge in [0.05, 0.1) is 12.4 Å². The number of ether oxygens (including phenoxy) is 1. The van der Waals surface area contributed by atoms with Crippen LogP contribution in [0.25, 0.3) is 6.08 Å². The molecule has 1 N–H and O–H groups in total. The van der Waals surface area contributed by atoms with E-state index >= 15 is 0 Å². The van der Waals surface area contributed by atoms with Gasteiger partial charge in [-0.1, -0.05) is 6.92 Å². The summed E-state index contributed by atoms with van der Waals surface area (Å²) in [6.45, 7) is 4.55. The van der Waals surface area contributed by atoms with Crippen molar-refractivity contribution in [3.05, 3.63) is 36.5 Å². The van der Waals surface area contributed by atoms with E-state index in [1.54, 1.807) is 24.6 Å². The van der Waals surface area contributed by atoms with E-state index in [9.17, 15) is 4.79 Å². The van der Waals surface area contributed by atoms with Gasteiger partial charge in [0.2, 0.25) is 0 Å². The maximum absolute atomic E-state index is 9.96. The van der Waals surface area contributed by atoms with Gasteiger partial charge in [-0.2, -0.15) is 24.5 Å². The molecule has 1 fully saturated rings. The summed E-state index contributed by atoms with van der Waals surface area (Å²) in [4.78, 5) is 13.8. The van der Waals surface area contributed by atoms with Gasteiger partial charge in [-0.25, -0.2) is 6.08 Å². The number of aliphatic hydroxyl groups is 1. The maximum atomic E-state index is 9.96. The van der Waals surface area contributed by atoms with Crippen molar-refractivity contribution < 1.29 is 33.5 Å². The van der Waals surface area contributed by atoms with Crippen LogP contribution >= 0.6 is 0 Å². The van der Waals surface area contributed by atoms with Crippen molar-refractivity contribution in [2.75, 3.05) is 6.61 Å². The van der Waals surface area contributed by atoms with Crippen molar-refractivity contribution in [1.82, 2.24) is 4.98 Å². The van der Waals surface area contributed by atoms with Crippen LogP contribution in [0.3, 0.4) is 0 Å². The Kier molecular flexibility index (Phi) is 10.1. The molecule has 0 atom stereocenters. The molecular weight excluding hydrogens is 261 g/mol. The van der Waals surface area contributed by atoms with Crippen LogP contribution in [0.1, 0.15) is 38.7 Å². The molecule has 21 heavy (non-hydrogen) atoms. The molecule has 4 nitrogen and oxygen atoms in total. The molecule has 0 unspecified atom stereocenters. The third-order valence-electron chi connectivity index (χ3n) is 2.66. The van der Waals surface area contributed by atoms with Gasteiger partial charge >= 0.3 is 18.9 Å². The van der Waals surface area contributed by atoms with E-state index in [0.29, 0.717) is 17.9 Å². The first-order valence-corrected chi connectivity index (χ1v) is 6.66. The van der Waals surface area contributed by atoms with Crippen molar-refractivity contribution in [2.24, 2.45) is 0 Å². The van der Waals surface area contributed by atoms with Crippen LogP contribution in [0.5, 0.6) is 5.75 Å². The molecule has 1 heterocycles. The van der Waals surface area contributed by atoms with Crippen LogP contribution in [-0.2, 0) is 4.79 Å². The molecule has 0 saturated heterocycles. The molecule has 0 radical (unpaired) electrons. The number of nitrogens with zero attached hydrogens (tertiary/aromatic N) is 1. The van der Waals surface area contributed by atoms with Crippen LogP contribution in [0.15, 0.2) is 18.3 Å². The van der Waals surface area contributed by atoms with Crippen LogP contribution in [0.4, 0.5) is 0 Å². The van der Waals surface area contributed by atoms with Crippen LogP contribution in [0.2, 0.25) is 0 Å². The Morgan fingerprint density at radius 3 is 2.76 bits per heavy atom. The molecule has 0 spiro atoms. The maximum Gasteiger partial charge on any atom is 1.00 e. The van der Waals surface area contributed by atoms with Gasteiger partial charge in [0, 0.05) is 5.60 Å². The summed E-state index contributed by atoms with van der Waals surface area (Å²) in [5.41, 5.74) is 0.377. The number of aromatic nitrogens is 1. The van der Waals surface area contributed by atoms with Gasteiger partial charge in [-0.3, -0.25) is 0 Å². The monoisotopic (exact) mass is 281 g/mol. The molecule has 0 aromatic carbocycles. The molecule has 1 aromatic heterocycles. The molecule has 1 saturated carbocycles. The van der Waals surface area contributed by atoms with E-state index in [1.165, 1.54) is 6.08 Å². The molecule has 110 valence electrons. The standard InChI is InChI=1S/C11H11NO2.C5H9O.Li/c1-2-6-14-11-7-10(4-3-5-13)8-12-9-11;1-5(6)3-2-4-5;/h3-4,7,9H,2,6H2,1H3;2,6H,3-4H2,1H3;/q-2;-1;+1/b4-3-;;. The second kappa shape index (κ2) is 10.6. The van der Waals surface area contributed by atoms with Crippen molar-refractivity contribution in [3.63, 3.8) is 0 Å². The summed E-state index contributed by atoms with van der Waals surface area (Å²) in [6.07, 6.45) is 13.6. The van der Waals surface area contributed by atoms with Crippen LogP contribution in [-0.4, -0.2) is 28.6 Å². The molecule has 0 amide bonds. The molecular formula is C16H20LiNO3-2. The zero-order valence-corrected chi connectivity index (χ0v) is 12.9. The Bertz CT molecular complexity index is 441. The first kappa shape index (κ1) is 19.9. The number of hydrogen-bond acceptors (Lipinski definition) is 4. The van der Waals surface area contributed by atoms with Crippen molar-refractivity contribution in [1.29, 1.82) is 0 Å². The Morgan fingerprint density at radius 2 is 2.29 bits per heavy atom. The van der Waals surface area contributed by atoms with E-state index in [0.717, 1.165) is 19.3 Å². The van der Waals surface area contributed by atoms with Crippen LogP contribution < -0.4 is 23.6 Å². The van der Waals surface area contributed by atoms with Gasteiger partial charge < -0.3 is 26.0 Å². The summed E-state index contributed by atoms with van der Waals surface area (Å²) in [7, 11) is 0. The fourth-order valence-electron chi connectivity index (χ4n) is 1.46. The minimum atomic E-state index is -0.333. The van der Waals surface area contributed by atoms with Crippen molar-refractivity contribution >= 4 is 12.4 Å². The second-order valence-electron chi connectivity index (χ2n) is 4.87. The van der Waals surface area contributed by atoms with E-state index < -0.39 is 0 Å². The molecule has 5 heteroatoms. The van der Waals surface area contributed by atoms with Gasteiger partial charge in [0.25, 0.3) is 0 Å². The molecule has 1 aliphatic rings. The minimum Gasteiger partial charge on any atom is -0.511 e. The summed E-state index contributed by atoms with van der Waals surface area (Å²) in [5.74, 6) is 0.691. The third kappa shape index (κ3) is 8.72. The van der Waals surface area contributed by atoms with E-state index in [2.05, 4.69) is 17.6 Å². The number of carbonyl (C=O) groups excluding carboxylic acids is 1. The quantitative estimate of drug-likeness (QED) is 0.450. The minimum absolute atomic E-state index is 0.